The minimum absolute atomic E-state index is 0.0116. The van der Waals surface area contributed by atoms with Crippen molar-refractivity contribution >= 4 is 40.9 Å². The average molecular weight is 786 g/mol. The number of carboxylic acids is 1. The van der Waals surface area contributed by atoms with Crippen molar-refractivity contribution in [1.29, 1.82) is 0 Å². The summed E-state index contributed by atoms with van der Waals surface area (Å²) in [7, 11) is 0. The molecular weight excluding hydrogens is 727 g/mol. The van der Waals surface area contributed by atoms with Crippen molar-refractivity contribution in [2.75, 3.05) is 32.8 Å². The number of pyridine rings is 1. The first-order valence-electron chi connectivity index (χ1n) is 21.3. The van der Waals surface area contributed by atoms with E-state index in [-0.39, 0.29) is 31.7 Å². The number of unbranched alkanes of at least 4 members (excludes halogenated alkanes) is 1. The monoisotopic (exact) mass is 785 g/mol. The van der Waals surface area contributed by atoms with Crippen LogP contribution >= 0.6 is 0 Å². The molecule has 7 rings (SSSR count). The van der Waals surface area contributed by atoms with Crippen molar-refractivity contribution < 1.29 is 38.9 Å². The Morgan fingerprint density at radius 1 is 1.02 bits per heavy atom. The van der Waals surface area contributed by atoms with E-state index in [1.54, 1.807) is 0 Å². The van der Waals surface area contributed by atoms with Gasteiger partial charge in [0.1, 0.15) is 36.1 Å². The Kier molecular flexibility index (Phi) is 13.3. The third-order valence-corrected chi connectivity index (χ3v) is 12.6. The third-order valence-electron chi connectivity index (χ3n) is 12.6. The molecule has 0 radical (unpaired) electrons. The third kappa shape index (κ3) is 9.91. The van der Waals surface area contributed by atoms with Crippen molar-refractivity contribution in [3.63, 3.8) is 0 Å². The molecule has 2 aromatic rings. The normalized spacial score (nSPS) is 27.5. The maximum absolute atomic E-state index is 14.3. The number of carboxylic acid groups (broad SMARTS) is 2. The number of likely N-dealkylation sites (tertiary alicyclic amines) is 1. The van der Waals surface area contributed by atoms with Crippen LogP contribution in [0.4, 0.5) is 4.79 Å². The largest absolute Gasteiger partial charge is 0.491 e. The lowest BCUT2D eigenvalue weighted by molar-refractivity contribution is -0.156. The quantitative estimate of drug-likeness (QED) is 0.129. The van der Waals surface area contributed by atoms with Crippen LogP contribution in [0.15, 0.2) is 42.5 Å². The summed E-state index contributed by atoms with van der Waals surface area (Å²) in [5.74, 6) is -0.782. The van der Waals surface area contributed by atoms with Crippen molar-refractivity contribution in [3.8, 4) is 11.6 Å². The summed E-state index contributed by atoms with van der Waals surface area (Å²) < 4.78 is 13.4. The Morgan fingerprint density at radius 2 is 1.82 bits per heavy atom. The van der Waals surface area contributed by atoms with Crippen molar-refractivity contribution in [2.24, 2.45) is 11.8 Å². The van der Waals surface area contributed by atoms with Crippen LogP contribution in [0.3, 0.4) is 0 Å². The van der Waals surface area contributed by atoms with Crippen molar-refractivity contribution in [1.82, 2.24) is 25.4 Å². The Morgan fingerprint density at radius 3 is 2.58 bits per heavy atom. The number of piperidine rings is 1. The summed E-state index contributed by atoms with van der Waals surface area (Å²) in [4.78, 5) is 62.0. The van der Waals surface area contributed by atoms with Gasteiger partial charge in [0.15, 0.2) is 0 Å². The molecule has 3 amide bonds. The maximum atomic E-state index is 14.3. The number of carbonyl (C=O) groups is 4. The van der Waals surface area contributed by atoms with E-state index in [2.05, 4.69) is 21.6 Å². The molecule has 5 unspecified atom stereocenters. The number of fused-ring (bicyclic) bond motifs is 3. The van der Waals surface area contributed by atoms with Crippen molar-refractivity contribution in [2.45, 2.75) is 126 Å². The van der Waals surface area contributed by atoms with Gasteiger partial charge in [-0.2, -0.15) is 0 Å². The fourth-order valence-electron chi connectivity index (χ4n) is 8.98. The molecule has 3 aliphatic heterocycles. The lowest BCUT2D eigenvalue weighted by Crippen LogP contribution is -2.67. The number of nitrogens with zero attached hydrogens (tertiary/aromatic N) is 3. The number of aliphatic carboxylic acids is 1. The van der Waals surface area contributed by atoms with Gasteiger partial charge in [-0.1, -0.05) is 68.9 Å². The van der Waals surface area contributed by atoms with Gasteiger partial charge in [0.2, 0.25) is 17.7 Å². The second-order valence-corrected chi connectivity index (χ2v) is 16.7. The van der Waals surface area contributed by atoms with Crippen LogP contribution in [-0.2, 0) is 14.4 Å². The van der Waals surface area contributed by atoms with Gasteiger partial charge >= 0.3 is 12.1 Å². The summed E-state index contributed by atoms with van der Waals surface area (Å²) in [6.07, 6.45) is 19.6. The van der Waals surface area contributed by atoms with Gasteiger partial charge in [0, 0.05) is 24.3 Å². The van der Waals surface area contributed by atoms with E-state index in [1.165, 1.54) is 43.4 Å². The summed E-state index contributed by atoms with van der Waals surface area (Å²) >= 11 is 0. The number of para-hydroxylation sites is 1. The van der Waals surface area contributed by atoms with E-state index in [0.717, 1.165) is 63.0 Å². The first-order chi connectivity index (χ1) is 27.7. The predicted octanol–water partition coefficient (Wildman–Crippen LogP) is 6.55. The number of ether oxygens (including phenoxy) is 2. The van der Waals surface area contributed by atoms with E-state index in [9.17, 15) is 29.4 Å². The molecule has 0 bridgehead atoms. The summed E-state index contributed by atoms with van der Waals surface area (Å²) in [6.45, 7) is 3.39. The van der Waals surface area contributed by atoms with Gasteiger partial charge in [0.05, 0.1) is 17.6 Å². The van der Waals surface area contributed by atoms with E-state index in [0.29, 0.717) is 42.2 Å². The second kappa shape index (κ2) is 18.7. The van der Waals surface area contributed by atoms with Crippen LogP contribution in [0.5, 0.6) is 11.6 Å². The SMILES string of the molecule is O=C(O)NC1CCCCCC=CC2CCC2(C(=O)O)NC(=O)C2CC(Oc3nc4ccccc4c(OCCN4CCCCC4)c3C=CCCCC3CC3)CN2C1=O. The molecule has 4 fully saturated rings. The lowest BCUT2D eigenvalue weighted by Gasteiger charge is -2.46. The smallest absolute Gasteiger partial charge is 0.405 e. The highest BCUT2D eigenvalue weighted by Crippen LogP contribution is 2.42. The number of hydrogen-bond acceptors (Lipinski definition) is 8. The van der Waals surface area contributed by atoms with Gasteiger partial charge in [0.25, 0.3) is 0 Å². The number of allylic oxidation sites excluding steroid dienone is 2. The molecule has 2 saturated heterocycles. The van der Waals surface area contributed by atoms with Crippen LogP contribution in [0.1, 0.15) is 108 Å². The van der Waals surface area contributed by atoms with Crippen LogP contribution in [0.2, 0.25) is 0 Å². The molecule has 2 aliphatic carbocycles. The van der Waals surface area contributed by atoms with Crippen molar-refractivity contribution in [3.05, 3.63) is 48.1 Å². The van der Waals surface area contributed by atoms with Gasteiger partial charge in [-0.05, 0) is 95.0 Å². The molecule has 2 saturated carbocycles. The fraction of sp³-hybridized carbons (Fsp3) is 0.614. The zero-order chi connectivity index (χ0) is 39.8. The Balaban J connectivity index is 1.20. The zero-order valence-corrected chi connectivity index (χ0v) is 33.0. The summed E-state index contributed by atoms with van der Waals surface area (Å²) in [6, 6.07) is 5.63. The number of hydrogen-bond donors (Lipinski definition) is 4. The van der Waals surface area contributed by atoms with Crippen LogP contribution in [0.25, 0.3) is 17.0 Å². The van der Waals surface area contributed by atoms with E-state index < -0.39 is 47.6 Å². The maximum Gasteiger partial charge on any atom is 0.405 e. The molecule has 5 aliphatic rings. The molecule has 0 spiro atoms. The van der Waals surface area contributed by atoms with Gasteiger partial charge in [-0.25, -0.2) is 14.6 Å². The second-order valence-electron chi connectivity index (χ2n) is 16.7. The van der Waals surface area contributed by atoms with Crippen LogP contribution < -0.4 is 20.1 Å². The molecule has 1 aromatic heterocycles. The molecule has 13 nitrogen and oxygen atoms in total. The minimum Gasteiger partial charge on any atom is -0.491 e. The highest BCUT2D eigenvalue weighted by Gasteiger charge is 2.55. The Labute approximate surface area is 335 Å². The van der Waals surface area contributed by atoms with Gasteiger partial charge in [-0.15, -0.1) is 0 Å². The zero-order valence-electron chi connectivity index (χ0n) is 33.0. The average Bonchev–Trinajstić information content (AvgIpc) is 3.93. The molecule has 1 aromatic carbocycles. The first-order valence-corrected chi connectivity index (χ1v) is 21.3. The first kappa shape index (κ1) is 40.5. The van der Waals surface area contributed by atoms with Gasteiger partial charge < -0.3 is 35.2 Å². The van der Waals surface area contributed by atoms with Gasteiger partial charge in [-0.3, -0.25) is 14.5 Å². The number of amides is 3. The molecule has 57 heavy (non-hydrogen) atoms. The number of aromatic nitrogens is 1. The Hall–Kier alpha value is -4.65. The minimum atomic E-state index is -1.49. The summed E-state index contributed by atoms with van der Waals surface area (Å²) in [5, 5.41) is 26.3. The summed E-state index contributed by atoms with van der Waals surface area (Å²) in [5.41, 5.74) is -0.109. The highest BCUT2D eigenvalue weighted by molar-refractivity contribution is 5.95. The molecule has 5 atom stereocenters. The van der Waals surface area contributed by atoms with Crippen LogP contribution in [-0.4, -0.2) is 105 Å². The predicted molar refractivity (Wildman–Crippen MR) is 216 cm³/mol. The number of rotatable bonds is 13. The van der Waals surface area contributed by atoms with Crippen LogP contribution in [0, 0.1) is 11.8 Å². The number of nitrogens with one attached hydrogen (secondary N) is 2. The van der Waals surface area contributed by atoms with E-state index >= 15 is 0 Å². The molecular formula is C44H59N5O8. The lowest BCUT2D eigenvalue weighted by atomic mass is 9.66. The molecule has 4 N–H and O–H groups in total. The fourth-order valence-corrected chi connectivity index (χ4v) is 8.98. The molecule has 4 heterocycles. The molecule has 308 valence electrons. The standard InChI is InChI=1S/C44H59N5O8/c50-39-37-28-32(29-49(37)41(51)36(46-43(54)55)19-9-3-1-2-7-15-31-22-23-44(31,47-39)42(52)53)57-40-34(17-8-4-6-14-30-20-21-30)38(33-16-10-11-18-35(33)45-40)56-27-26-48-24-12-5-13-25-48/h7-8,10-11,15-18,30-32,36-37,46H,1-6,9,12-14,19-29H2,(H,47,50)(H,52,53)(H,54,55). The van der Waals surface area contributed by atoms with E-state index in [1.807, 2.05) is 42.5 Å². The number of benzene rings is 1. The topological polar surface area (TPSA) is 171 Å². The molecule has 13 heteroatoms. The van der Waals surface area contributed by atoms with E-state index in [4.69, 9.17) is 14.5 Å². The Bertz CT molecular complexity index is 1820. The number of carbonyl (C=O) groups excluding carboxylic acids is 2. The highest BCUT2D eigenvalue weighted by atomic mass is 16.5.